The highest BCUT2D eigenvalue weighted by Gasteiger charge is 2.09. The van der Waals surface area contributed by atoms with Crippen LogP contribution in [0.4, 0.5) is 10.1 Å². The third-order valence-electron chi connectivity index (χ3n) is 2.71. The van der Waals surface area contributed by atoms with Crippen LogP contribution >= 0.6 is 0 Å². The van der Waals surface area contributed by atoms with Crippen molar-refractivity contribution in [2.75, 3.05) is 25.0 Å². The summed E-state index contributed by atoms with van der Waals surface area (Å²) in [6.45, 7) is 5.18. The Morgan fingerprint density at radius 2 is 2.11 bits per heavy atom. The van der Waals surface area contributed by atoms with Gasteiger partial charge in [0.1, 0.15) is 5.82 Å². The summed E-state index contributed by atoms with van der Waals surface area (Å²) in [4.78, 5) is 13.4. The molecule has 1 aromatic carbocycles. The maximum Gasteiger partial charge on any atom is 0.239 e. The average Bonchev–Trinajstić information content (AvgIpc) is 2.35. The number of nitrogens with zero attached hydrogens (tertiary/aromatic N) is 1. The Balaban J connectivity index is 2.64. The van der Waals surface area contributed by atoms with Crippen LogP contribution in [0.3, 0.4) is 0 Å². The highest BCUT2D eigenvalue weighted by Crippen LogP contribution is 2.17. The van der Waals surface area contributed by atoms with Crippen LogP contribution in [0.15, 0.2) is 18.2 Å². The molecule has 5 heteroatoms. The van der Waals surface area contributed by atoms with Gasteiger partial charge in [-0.2, -0.15) is 0 Å². The summed E-state index contributed by atoms with van der Waals surface area (Å²) in [6, 6.07) is 4.59. The summed E-state index contributed by atoms with van der Waals surface area (Å²) in [5.41, 5.74) is 6.87. The first-order valence-corrected chi connectivity index (χ1v) is 6.39. The predicted molar refractivity (Wildman–Crippen MR) is 75.4 cm³/mol. The molecule has 0 saturated heterocycles. The zero-order chi connectivity index (χ0) is 14.4. The first-order chi connectivity index (χ1) is 8.92. The number of carbonyl (C=O) groups excluding carboxylic acids is 1. The number of nitrogens with two attached hydrogens (primary N) is 1. The number of likely N-dealkylation sites (N-methyl/N-ethyl adjacent to an activating group) is 1. The van der Waals surface area contributed by atoms with E-state index in [4.69, 9.17) is 5.73 Å². The van der Waals surface area contributed by atoms with E-state index in [1.807, 2.05) is 13.8 Å². The Bertz CT molecular complexity index is 435. The lowest BCUT2D eigenvalue weighted by Crippen LogP contribution is -2.36. The number of hydrogen-bond acceptors (Lipinski definition) is 3. The number of amides is 1. The van der Waals surface area contributed by atoms with Gasteiger partial charge in [-0.1, -0.05) is 13.8 Å². The first kappa shape index (κ1) is 15.4. The summed E-state index contributed by atoms with van der Waals surface area (Å²) in [5.74, 6) is -0.00517. The van der Waals surface area contributed by atoms with Crippen molar-refractivity contribution >= 4 is 11.6 Å². The second-order valence-electron chi connectivity index (χ2n) is 5.08. The molecule has 0 aliphatic carbocycles. The molecule has 0 unspecified atom stereocenters. The molecule has 106 valence electrons. The molecule has 1 aromatic rings. The number of halogens is 1. The van der Waals surface area contributed by atoms with Crippen molar-refractivity contribution in [2.24, 2.45) is 11.7 Å². The molecule has 0 aromatic heterocycles. The van der Waals surface area contributed by atoms with Gasteiger partial charge in [-0.05, 0) is 29.7 Å². The summed E-state index contributed by atoms with van der Waals surface area (Å²) in [6.07, 6.45) is 0. The van der Waals surface area contributed by atoms with Gasteiger partial charge >= 0.3 is 0 Å². The van der Waals surface area contributed by atoms with E-state index in [9.17, 15) is 9.18 Å². The van der Waals surface area contributed by atoms with Crippen molar-refractivity contribution in [2.45, 2.75) is 20.4 Å². The molecule has 0 bridgehead atoms. The van der Waals surface area contributed by atoms with Crippen LogP contribution in [-0.4, -0.2) is 26.0 Å². The fourth-order valence-corrected chi connectivity index (χ4v) is 1.65. The molecule has 3 N–H and O–H groups in total. The fourth-order valence-electron chi connectivity index (χ4n) is 1.65. The minimum Gasteiger partial charge on any atom is -0.365 e. The molecule has 0 saturated carbocycles. The normalized spacial score (nSPS) is 10.6. The number of anilines is 1. The Hall–Kier alpha value is -1.62. The molecule has 0 radical (unpaired) electrons. The fraction of sp³-hybridized carbons (Fsp3) is 0.500. The Morgan fingerprint density at radius 1 is 1.42 bits per heavy atom. The quantitative estimate of drug-likeness (QED) is 0.821. The van der Waals surface area contributed by atoms with Gasteiger partial charge in [0, 0.05) is 25.8 Å². The van der Waals surface area contributed by atoms with Crippen molar-refractivity contribution in [3.05, 3.63) is 29.6 Å². The maximum absolute atomic E-state index is 13.4. The van der Waals surface area contributed by atoms with E-state index in [0.29, 0.717) is 23.7 Å². The van der Waals surface area contributed by atoms with E-state index >= 15 is 0 Å². The minimum atomic E-state index is -0.340. The van der Waals surface area contributed by atoms with Crippen LogP contribution in [0.25, 0.3) is 0 Å². The van der Waals surface area contributed by atoms with Crippen LogP contribution in [0.2, 0.25) is 0 Å². The first-order valence-electron chi connectivity index (χ1n) is 6.39. The second kappa shape index (κ2) is 7.09. The van der Waals surface area contributed by atoms with E-state index in [2.05, 4.69) is 5.32 Å². The predicted octanol–water partition coefficient (Wildman–Crippen LogP) is 1.49. The molecule has 0 aliphatic heterocycles. The van der Waals surface area contributed by atoms with E-state index in [1.54, 1.807) is 18.0 Å². The molecular weight excluding hydrogens is 245 g/mol. The van der Waals surface area contributed by atoms with Gasteiger partial charge in [0.2, 0.25) is 5.91 Å². The molecule has 0 atom stereocenters. The van der Waals surface area contributed by atoms with Gasteiger partial charge in [0.15, 0.2) is 0 Å². The van der Waals surface area contributed by atoms with Gasteiger partial charge < -0.3 is 16.0 Å². The number of nitrogens with one attached hydrogen (secondary N) is 1. The van der Waals surface area contributed by atoms with Gasteiger partial charge in [-0.3, -0.25) is 4.79 Å². The Labute approximate surface area is 113 Å². The molecule has 4 nitrogen and oxygen atoms in total. The molecule has 0 spiro atoms. The average molecular weight is 267 g/mol. The molecule has 0 heterocycles. The summed E-state index contributed by atoms with van der Waals surface area (Å²) in [7, 11) is 1.75. The third kappa shape index (κ3) is 5.26. The lowest BCUT2D eigenvalue weighted by Gasteiger charge is -2.20. The smallest absolute Gasteiger partial charge is 0.239 e. The zero-order valence-electron chi connectivity index (χ0n) is 11.7. The van der Waals surface area contributed by atoms with Crippen molar-refractivity contribution in [3.8, 4) is 0 Å². The monoisotopic (exact) mass is 267 g/mol. The van der Waals surface area contributed by atoms with Gasteiger partial charge in [0.25, 0.3) is 0 Å². The Kier molecular flexibility index (Phi) is 5.76. The molecular formula is C14H22FN3O. The molecule has 0 aliphatic rings. The van der Waals surface area contributed by atoms with Gasteiger partial charge in [-0.15, -0.1) is 0 Å². The lowest BCUT2D eigenvalue weighted by atomic mass is 10.2. The van der Waals surface area contributed by atoms with Crippen molar-refractivity contribution < 1.29 is 9.18 Å². The molecule has 0 fully saturated rings. The maximum atomic E-state index is 13.4. The Morgan fingerprint density at radius 3 is 2.68 bits per heavy atom. The molecule has 19 heavy (non-hydrogen) atoms. The van der Waals surface area contributed by atoms with E-state index in [0.717, 1.165) is 0 Å². The highest BCUT2D eigenvalue weighted by molar-refractivity contribution is 5.81. The van der Waals surface area contributed by atoms with Crippen LogP contribution in [0.5, 0.6) is 0 Å². The third-order valence-corrected chi connectivity index (χ3v) is 2.71. The number of benzene rings is 1. The zero-order valence-corrected chi connectivity index (χ0v) is 11.7. The summed E-state index contributed by atoms with van der Waals surface area (Å²) < 4.78 is 13.4. The van der Waals surface area contributed by atoms with Gasteiger partial charge in [0.05, 0.1) is 6.54 Å². The summed E-state index contributed by atoms with van der Waals surface area (Å²) >= 11 is 0. The van der Waals surface area contributed by atoms with Crippen molar-refractivity contribution in [1.29, 1.82) is 0 Å². The van der Waals surface area contributed by atoms with Crippen LogP contribution in [0, 0.1) is 11.7 Å². The minimum absolute atomic E-state index is 0.0743. The standard InChI is InChI=1S/C14H22FN3O/c1-10(2)8-17-14(19)9-18(3)13-5-11(7-16)4-12(15)6-13/h4-6,10H,7-9,16H2,1-3H3,(H,17,19). The van der Waals surface area contributed by atoms with E-state index < -0.39 is 0 Å². The SMILES string of the molecule is CC(C)CNC(=O)CN(C)c1cc(F)cc(CN)c1. The van der Waals surface area contributed by atoms with E-state index in [1.165, 1.54) is 12.1 Å². The second-order valence-corrected chi connectivity index (χ2v) is 5.08. The largest absolute Gasteiger partial charge is 0.365 e. The topological polar surface area (TPSA) is 58.4 Å². The van der Waals surface area contributed by atoms with Crippen LogP contribution in [-0.2, 0) is 11.3 Å². The number of carbonyl (C=O) groups is 1. The summed E-state index contributed by atoms with van der Waals surface area (Å²) in [5, 5.41) is 2.83. The molecule has 1 rings (SSSR count). The van der Waals surface area contributed by atoms with Crippen molar-refractivity contribution in [1.82, 2.24) is 5.32 Å². The highest BCUT2D eigenvalue weighted by atomic mass is 19.1. The molecule has 1 amide bonds. The lowest BCUT2D eigenvalue weighted by molar-refractivity contribution is -0.119. The number of hydrogen-bond donors (Lipinski definition) is 2. The van der Waals surface area contributed by atoms with Gasteiger partial charge in [-0.25, -0.2) is 4.39 Å². The number of rotatable bonds is 6. The van der Waals surface area contributed by atoms with Crippen LogP contribution < -0.4 is 16.0 Å². The van der Waals surface area contributed by atoms with Crippen LogP contribution in [0.1, 0.15) is 19.4 Å². The van der Waals surface area contributed by atoms with E-state index in [-0.39, 0.29) is 24.8 Å². The van der Waals surface area contributed by atoms with Crippen molar-refractivity contribution in [3.63, 3.8) is 0 Å².